The minimum absolute atomic E-state index is 0.193. The molecule has 9 heteroatoms. The molecule has 2 saturated heterocycles. The molecule has 2 unspecified atom stereocenters. The number of pyridine rings is 1. The van der Waals surface area contributed by atoms with Crippen LogP contribution >= 0.6 is 0 Å². The van der Waals surface area contributed by atoms with Crippen molar-refractivity contribution in [2.75, 3.05) is 19.6 Å². The molecule has 0 saturated carbocycles. The minimum Gasteiger partial charge on any atom is -0.407 e. The Labute approximate surface area is 204 Å². The van der Waals surface area contributed by atoms with Crippen LogP contribution in [0.2, 0.25) is 0 Å². The zero-order valence-electron chi connectivity index (χ0n) is 20.5. The number of benzene rings is 1. The molecule has 0 radical (unpaired) electrons. The van der Waals surface area contributed by atoms with Crippen LogP contribution in [-0.4, -0.2) is 51.8 Å². The largest absolute Gasteiger partial charge is 0.526 e. The molecule has 35 heavy (non-hydrogen) atoms. The van der Waals surface area contributed by atoms with Gasteiger partial charge in [-0.1, -0.05) is 19.4 Å². The van der Waals surface area contributed by atoms with Gasteiger partial charge in [0.25, 0.3) is 0 Å². The van der Waals surface area contributed by atoms with E-state index in [0.717, 1.165) is 37.1 Å². The summed E-state index contributed by atoms with van der Waals surface area (Å²) < 4.78 is 33.0. The molecular formula is C26H33F2N4O3+. The van der Waals surface area contributed by atoms with Crippen LogP contribution in [0.15, 0.2) is 42.6 Å². The van der Waals surface area contributed by atoms with Crippen molar-refractivity contribution >= 4 is 12.1 Å². The second kappa shape index (κ2) is 9.99. The zero-order valence-corrected chi connectivity index (χ0v) is 20.5. The molecule has 2 aromatic rings. The van der Waals surface area contributed by atoms with Crippen LogP contribution in [0.4, 0.5) is 18.4 Å². The molecule has 2 atom stereocenters. The van der Waals surface area contributed by atoms with Crippen LogP contribution in [0.5, 0.6) is 0 Å². The van der Waals surface area contributed by atoms with Gasteiger partial charge in [0.15, 0.2) is 23.3 Å². The Hall–Kier alpha value is -2.91. The topological polar surface area (TPSA) is 71.5 Å². The van der Waals surface area contributed by atoms with Crippen molar-refractivity contribution in [2.24, 2.45) is 0 Å². The van der Waals surface area contributed by atoms with Crippen molar-refractivity contribution < 1.29 is 27.6 Å². The van der Waals surface area contributed by atoms with E-state index in [4.69, 9.17) is 4.74 Å². The van der Waals surface area contributed by atoms with Gasteiger partial charge in [-0.3, -0.25) is 4.98 Å². The van der Waals surface area contributed by atoms with Crippen molar-refractivity contribution in [3.8, 4) is 0 Å². The lowest BCUT2D eigenvalue weighted by atomic mass is 9.89. The number of piperidine rings is 1. The maximum atomic E-state index is 14.2. The minimum atomic E-state index is -1.10. The number of rotatable bonds is 6. The molecule has 7 nitrogen and oxygen atoms in total. The number of imide groups is 1. The maximum absolute atomic E-state index is 14.2. The molecule has 4 rings (SSSR count). The lowest BCUT2D eigenvalue weighted by Crippen LogP contribution is -2.64. The molecule has 3 amide bonds. The Morgan fingerprint density at radius 3 is 2.57 bits per heavy atom. The number of hydrogen-bond donors (Lipinski definition) is 1. The van der Waals surface area contributed by atoms with Crippen molar-refractivity contribution in [3.05, 3.63) is 65.5 Å². The molecule has 2 fully saturated rings. The predicted octanol–water partition coefficient (Wildman–Crippen LogP) is 5.45. The standard InChI is InChI=1S/C26H32F2N4O3/c1-4-5-16-32(23(26(2,3)35-25(32)34)19-9-10-20(27)21(28)17-19)24(33)30-31-14-11-18(12-15-31)22-8-6-7-13-29-22/h6-10,13,17-18,23H,4-5,11-12,14-16H2,1-3H3/p+1. The third-order valence-electron chi connectivity index (χ3n) is 7.12. The van der Waals surface area contributed by atoms with Crippen LogP contribution in [-0.2, 0) is 4.74 Å². The van der Waals surface area contributed by atoms with Crippen LogP contribution in [0.25, 0.3) is 0 Å². The number of carbonyl (C=O) groups is 2. The average Bonchev–Trinajstić information content (AvgIpc) is 3.05. The molecule has 1 aromatic heterocycles. The van der Waals surface area contributed by atoms with Gasteiger partial charge in [0.1, 0.15) is 0 Å². The zero-order chi connectivity index (χ0) is 25.2. The molecular weight excluding hydrogens is 454 g/mol. The number of hydrazine groups is 1. The Kier molecular flexibility index (Phi) is 7.19. The van der Waals surface area contributed by atoms with Crippen molar-refractivity contribution in [1.29, 1.82) is 0 Å². The van der Waals surface area contributed by atoms with E-state index in [2.05, 4.69) is 10.4 Å². The summed E-state index contributed by atoms with van der Waals surface area (Å²) in [4.78, 5) is 31.7. The maximum Gasteiger partial charge on any atom is 0.526 e. The van der Waals surface area contributed by atoms with E-state index in [0.29, 0.717) is 31.0 Å². The van der Waals surface area contributed by atoms with Gasteiger partial charge in [-0.15, -0.1) is 4.48 Å². The molecule has 1 aromatic carbocycles. The summed E-state index contributed by atoms with van der Waals surface area (Å²) in [6, 6.07) is 8.04. The SMILES string of the molecule is CCCC[N+]1(C(=O)NN2CCC(c3ccccn3)CC2)C(=O)OC(C)(C)C1c1ccc(F)c(F)c1. The van der Waals surface area contributed by atoms with Crippen LogP contribution < -0.4 is 5.43 Å². The summed E-state index contributed by atoms with van der Waals surface area (Å²) in [6.45, 7) is 6.78. The van der Waals surface area contributed by atoms with Gasteiger partial charge in [0, 0.05) is 36.5 Å². The molecule has 0 aliphatic carbocycles. The monoisotopic (exact) mass is 487 g/mol. The van der Waals surface area contributed by atoms with Crippen molar-refractivity contribution in [1.82, 2.24) is 15.4 Å². The Bertz CT molecular complexity index is 1070. The molecule has 2 aliphatic heterocycles. The molecule has 188 valence electrons. The van der Waals surface area contributed by atoms with Crippen molar-refractivity contribution in [2.45, 2.75) is 64.0 Å². The highest BCUT2D eigenvalue weighted by molar-refractivity contribution is 5.82. The van der Waals surface area contributed by atoms with E-state index in [1.807, 2.05) is 30.1 Å². The van der Waals surface area contributed by atoms with E-state index in [1.165, 1.54) is 6.07 Å². The number of nitrogens with one attached hydrogen (secondary N) is 1. The van der Waals surface area contributed by atoms with Gasteiger partial charge in [-0.25, -0.2) is 24.0 Å². The first-order valence-corrected chi connectivity index (χ1v) is 12.2. The molecule has 0 bridgehead atoms. The number of unbranched alkanes of at least 4 members (excludes halogenated alkanes) is 1. The smallest absolute Gasteiger partial charge is 0.407 e. The third kappa shape index (κ3) is 4.79. The van der Waals surface area contributed by atoms with E-state index in [-0.39, 0.29) is 6.54 Å². The lowest BCUT2D eigenvalue weighted by molar-refractivity contribution is -0.798. The van der Waals surface area contributed by atoms with Gasteiger partial charge in [0.05, 0.1) is 6.54 Å². The molecule has 3 heterocycles. The first kappa shape index (κ1) is 25.2. The van der Waals surface area contributed by atoms with E-state index >= 15 is 0 Å². The normalized spacial score (nSPS) is 24.8. The van der Waals surface area contributed by atoms with Crippen LogP contribution in [0.1, 0.15) is 69.7 Å². The number of ether oxygens (including phenoxy) is 1. The predicted molar refractivity (Wildman–Crippen MR) is 126 cm³/mol. The summed E-state index contributed by atoms with van der Waals surface area (Å²) >= 11 is 0. The third-order valence-corrected chi connectivity index (χ3v) is 7.12. The van der Waals surface area contributed by atoms with Crippen LogP contribution in [0.3, 0.4) is 0 Å². The highest BCUT2D eigenvalue weighted by atomic mass is 19.2. The van der Waals surface area contributed by atoms with Gasteiger partial charge < -0.3 is 4.74 Å². The highest BCUT2D eigenvalue weighted by Gasteiger charge is 2.67. The Balaban J connectivity index is 1.60. The number of nitrogens with zero attached hydrogens (tertiary/aromatic N) is 3. The summed E-state index contributed by atoms with van der Waals surface area (Å²) in [6.07, 6.45) is 4.06. The fourth-order valence-corrected chi connectivity index (χ4v) is 5.40. The van der Waals surface area contributed by atoms with Gasteiger partial charge in [0.2, 0.25) is 0 Å². The molecule has 2 aliphatic rings. The fourth-order valence-electron chi connectivity index (χ4n) is 5.40. The highest BCUT2D eigenvalue weighted by Crippen LogP contribution is 2.47. The summed E-state index contributed by atoms with van der Waals surface area (Å²) in [7, 11) is 0. The number of halogens is 2. The number of quaternary nitrogens is 1. The van der Waals surface area contributed by atoms with E-state index in [1.54, 1.807) is 20.0 Å². The molecule has 0 spiro atoms. The van der Waals surface area contributed by atoms with Crippen LogP contribution in [0, 0.1) is 11.6 Å². The Morgan fingerprint density at radius 1 is 1.20 bits per heavy atom. The van der Waals surface area contributed by atoms with Gasteiger partial charge >= 0.3 is 12.1 Å². The number of aromatic nitrogens is 1. The summed E-state index contributed by atoms with van der Waals surface area (Å²) in [5.41, 5.74) is 3.24. The second-order valence-corrected chi connectivity index (χ2v) is 9.93. The fraction of sp³-hybridized carbons (Fsp3) is 0.500. The number of urea groups is 1. The summed E-state index contributed by atoms with van der Waals surface area (Å²) in [5.74, 6) is -1.70. The first-order chi connectivity index (χ1) is 16.7. The van der Waals surface area contributed by atoms with Crippen molar-refractivity contribution in [3.63, 3.8) is 0 Å². The van der Waals surface area contributed by atoms with Gasteiger partial charge in [-0.05, 0) is 63.4 Å². The lowest BCUT2D eigenvalue weighted by Gasteiger charge is -2.37. The number of amides is 3. The van der Waals surface area contributed by atoms with E-state index in [9.17, 15) is 18.4 Å². The number of cyclic esters (lactones) is 1. The summed E-state index contributed by atoms with van der Waals surface area (Å²) in [5, 5.41) is 1.83. The Morgan fingerprint density at radius 2 is 1.94 bits per heavy atom. The second-order valence-electron chi connectivity index (χ2n) is 9.93. The number of hydrogen-bond acceptors (Lipinski definition) is 5. The molecule has 1 N–H and O–H groups in total. The average molecular weight is 488 g/mol. The van der Waals surface area contributed by atoms with E-state index < -0.39 is 39.9 Å². The quantitative estimate of drug-likeness (QED) is 0.549. The van der Waals surface area contributed by atoms with Gasteiger partial charge in [-0.2, -0.15) is 4.79 Å². The first-order valence-electron chi connectivity index (χ1n) is 12.2. The number of carbonyl (C=O) groups excluding carboxylic acids is 2.